The fourth-order valence-electron chi connectivity index (χ4n) is 4.45. The summed E-state index contributed by atoms with van der Waals surface area (Å²) in [6, 6.07) is 0. The van der Waals surface area contributed by atoms with Crippen LogP contribution in [-0.2, 0) is 23.9 Å². The monoisotopic (exact) mass is 400 g/mol. The molecule has 0 aliphatic heterocycles. The Morgan fingerprint density at radius 3 is 1.93 bits per heavy atom. The number of ether oxygens (including phenoxy) is 2. The first kappa shape index (κ1) is 24.4. The van der Waals surface area contributed by atoms with Crippen LogP contribution in [0.15, 0.2) is 0 Å². The number of carbonyl (C=O) groups excluding carboxylic acids is 2. The van der Waals surface area contributed by atoms with Gasteiger partial charge in [-0.15, -0.1) is 0 Å². The van der Waals surface area contributed by atoms with E-state index in [0.29, 0.717) is 19.3 Å². The Morgan fingerprint density at radius 1 is 0.964 bits per heavy atom. The summed E-state index contributed by atoms with van der Waals surface area (Å²) in [6.07, 6.45) is 1.98. The molecule has 7 heteroatoms. The van der Waals surface area contributed by atoms with E-state index < -0.39 is 35.3 Å². The molecule has 0 saturated heterocycles. The number of hydrogen-bond donors (Lipinski definition) is 2. The molecular formula is C21H36O7. The molecule has 1 rings (SSSR count). The second-order valence-electron chi connectivity index (χ2n) is 8.42. The lowest BCUT2D eigenvalue weighted by molar-refractivity contribution is -0.170. The van der Waals surface area contributed by atoms with Crippen LogP contribution in [0.2, 0.25) is 0 Å². The van der Waals surface area contributed by atoms with Crippen molar-refractivity contribution in [1.29, 1.82) is 0 Å². The van der Waals surface area contributed by atoms with E-state index in [1.54, 1.807) is 0 Å². The van der Waals surface area contributed by atoms with E-state index in [4.69, 9.17) is 9.47 Å². The van der Waals surface area contributed by atoms with Crippen molar-refractivity contribution in [1.82, 2.24) is 0 Å². The van der Waals surface area contributed by atoms with Crippen molar-refractivity contribution in [2.24, 2.45) is 29.1 Å². The van der Waals surface area contributed by atoms with Gasteiger partial charge < -0.3 is 19.7 Å². The molecular weight excluding hydrogens is 364 g/mol. The molecule has 1 fully saturated rings. The molecule has 0 aromatic heterocycles. The second kappa shape index (κ2) is 10.8. The zero-order chi connectivity index (χ0) is 21.5. The van der Waals surface area contributed by atoms with Gasteiger partial charge in [-0.2, -0.15) is 0 Å². The third kappa shape index (κ3) is 5.69. The van der Waals surface area contributed by atoms with Crippen LogP contribution in [-0.4, -0.2) is 47.4 Å². The smallest absolute Gasteiger partial charge is 0.312 e. The average molecular weight is 401 g/mol. The SMILES string of the molecule is CCC(C(=O)OCC(O)COC(=O)C1CCCCC1C(=O)O)(C(C)C)C(C)C. The van der Waals surface area contributed by atoms with E-state index >= 15 is 0 Å². The van der Waals surface area contributed by atoms with Crippen molar-refractivity contribution in [3.63, 3.8) is 0 Å². The second-order valence-corrected chi connectivity index (χ2v) is 8.42. The van der Waals surface area contributed by atoms with Gasteiger partial charge in [-0.1, -0.05) is 47.5 Å². The summed E-state index contributed by atoms with van der Waals surface area (Å²) < 4.78 is 10.5. The summed E-state index contributed by atoms with van der Waals surface area (Å²) in [4.78, 5) is 36.2. The molecule has 1 saturated carbocycles. The number of carbonyl (C=O) groups is 3. The van der Waals surface area contributed by atoms with Crippen LogP contribution >= 0.6 is 0 Å². The fraction of sp³-hybridized carbons (Fsp3) is 0.857. The first-order valence-corrected chi connectivity index (χ1v) is 10.3. The Bertz CT molecular complexity index is 533. The maximum absolute atomic E-state index is 12.7. The van der Waals surface area contributed by atoms with E-state index in [1.807, 2.05) is 34.6 Å². The summed E-state index contributed by atoms with van der Waals surface area (Å²) in [5.74, 6) is -3.21. The molecule has 3 atom stereocenters. The van der Waals surface area contributed by atoms with Crippen LogP contribution < -0.4 is 0 Å². The van der Waals surface area contributed by atoms with Crippen molar-refractivity contribution < 1.29 is 34.1 Å². The highest BCUT2D eigenvalue weighted by Crippen LogP contribution is 2.40. The van der Waals surface area contributed by atoms with E-state index in [2.05, 4.69) is 0 Å². The van der Waals surface area contributed by atoms with Gasteiger partial charge in [-0.3, -0.25) is 14.4 Å². The number of esters is 2. The Morgan fingerprint density at radius 2 is 1.46 bits per heavy atom. The van der Waals surface area contributed by atoms with Crippen molar-refractivity contribution in [2.45, 2.75) is 72.8 Å². The fourth-order valence-corrected chi connectivity index (χ4v) is 4.45. The number of carboxylic acid groups (broad SMARTS) is 1. The number of aliphatic hydroxyl groups excluding tert-OH is 1. The van der Waals surface area contributed by atoms with Gasteiger partial charge in [0.25, 0.3) is 0 Å². The minimum Gasteiger partial charge on any atom is -0.481 e. The zero-order valence-electron chi connectivity index (χ0n) is 17.8. The molecule has 162 valence electrons. The van der Waals surface area contributed by atoms with Crippen molar-refractivity contribution in [2.75, 3.05) is 13.2 Å². The van der Waals surface area contributed by atoms with Gasteiger partial charge in [0.05, 0.1) is 17.3 Å². The molecule has 1 aliphatic carbocycles. The van der Waals surface area contributed by atoms with Crippen LogP contribution in [0.25, 0.3) is 0 Å². The number of aliphatic hydroxyl groups is 1. The predicted molar refractivity (Wildman–Crippen MR) is 103 cm³/mol. The third-order valence-electron chi connectivity index (χ3n) is 6.24. The highest BCUT2D eigenvalue weighted by molar-refractivity contribution is 5.81. The van der Waals surface area contributed by atoms with Gasteiger partial charge in [0, 0.05) is 0 Å². The summed E-state index contributed by atoms with van der Waals surface area (Å²) in [5, 5.41) is 19.3. The minimum absolute atomic E-state index is 0.0826. The predicted octanol–water partition coefficient (Wildman–Crippen LogP) is 3.03. The summed E-state index contributed by atoms with van der Waals surface area (Å²) in [5.41, 5.74) is -0.632. The third-order valence-corrected chi connectivity index (χ3v) is 6.24. The Labute approximate surface area is 167 Å². The van der Waals surface area contributed by atoms with Crippen LogP contribution in [0.4, 0.5) is 0 Å². The Hall–Kier alpha value is -1.63. The lowest BCUT2D eigenvalue weighted by Crippen LogP contribution is -2.43. The van der Waals surface area contributed by atoms with Crippen LogP contribution in [0.1, 0.15) is 66.7 Å². The maximum Gasteiger partial charge on any atom is 0.312 e. The molecule has 28 heavy (non-hydrogen) atoms. The van der Waals surface area contributed by atoms with E-state index in [1.165, 1.54) is 0 Å². The molecule has 2 N–H and O–H groups in total. The molecule has 7 nitrogen and oxygen atoms in total. The maximum atomic E-state index is 12.7. The molecule has 0 amide bonds. The van der Waals surface area contributed by atoms with Crippen LogP contribution in [0, 0.1) is 29.1 Å². The quantitative estimate of drug-likeness (QED) is 0.542. The van der Waals surface area contributed by atoms with E-state index in [-0.39, 0.29) is 31.0 Å². The lowest BCUT2D eigenvalue weighted by Gasteiger charge is -2.38. The average Bonchev–Trinajstić information content (AvgIpc) is 2.64. The van der Waals surface area contributed by atoms with Gasteiger partial charge in [-0.25, -0.2) is 0 Å². The normalized spacial score (nSPS) is 21.4. The van der Waals surface area contributed by atoms with Crippen molar-refractivity contribution in [3.8, 4) is 0 Å². The first-order chi connectivity index (χ1) is 13.1. The van der Waals surface area contributed by atoms with Crippen molar-refractivity contribution >= 4 is 17.9 Å². The number of aliphatic carboxylic acids is 1. The molecule has 0 spiro atoms. The topological polar surface area (TPSA) is 110 Å². The lowest BCUT2D eigenvalue weighted by atomic mass is 9.67. The summed E-state index contributed by atoms with van der Waals surface area (Å²) >= 11 is 0. The van der Waals surface area contributed by atoms with E-state index in [0.717, 1.165) is 12.8 Å². The molecule has 0 radical (unpaired) electrons. The highest BCUT2D eigenvalue weighted by Gasteiger charge is 2.44. The van der Waals surface area contributed by atoms with Gasteiger partial charge in [0.15, 0.2) is 0 Å². The molecule has 0 bridgehead atoms. The number of carboxylic acids is 1. The van der Waals surface area contributed by atoms with E-state index in [9.17, 15) is 24.6 Å². The number of hydrogen-bond acceptors (Lipinski definition) is 6. The molecule has 3 unspecified atom stereocenters. The van der Waals surface area contributed by atoms with Crippen LogP contribution in [0.5, 0.6) is 0 Å². The highest BCUT2D eigenvalue weighted by atomic mass is 16.6. The molecule has 0 aromatic rings. The number of rotatable bonds is 10. The Kier molecular flexibility index (Phi) is 9.40. The molecule has 0 aromatic carbocycles. The standard InChI is InChI=1S/C21H36O7/c1-6-21(13(2)3,14(4)5)20(26)28-12-15(22)11-27-19(25)17-10-8-7-9-16(17)18(23)24/h13-17,22H,6-12H2,1-5H3,(H,23,24). The first-order valence-electron chi connectivity index (χ1n) is 10.3. The van der Waals surface area contributed by atoms with Crippen LogP contribution in [0.3, 0.4) is 0 Å². The van der Waals surface area contributed by atoms with Gasteiger partial charge >= 0.3 is 17.9 Å². The van der Waals surface area contributed by atoms with Gasteiger partial charge in [0.1, 0.15) is 19.3 Å². The van der Waals surface area contributed by atoms with Gasteiger partial charge in [0.2, 0.25) is 0 Å². The minimum atomic E-state index is -1.14. The largest absolute Gasteiger partial charge is 0.481 e. The molecule has 1 aliphatic rings. The molecule has 0 heterocycles. The summed E-state index contributed by atoms with van der Waals surface area (Å²) in [6.45, 7) is 9.27. The van der Waals surface area contributed by atoms with Crippen molar-refractivity contribution in [3.05, 3.63) is 0 Å². The zero-order valence-corrected chi connectivity index (χ0v) is 17.8. The summed E-state index contributed by atoms with van der Waals surface area (Å²) in [7, 11) is 0. The van der Waals surface area contributed by atoms with Gasteiger partial charge in [-0.05, 0) is 31.1 Å². The Balaban J connectivity index is 2.56.